The predicted octanol–water partition coefficient (Wildman–Crippen LogP) is 3.28. The highest BCUT2D eigenvalue weighted by molar-refractivity contribution is 4.86. The van der Waals surface area contributed by atoms with E-state index in [-0.39, 0.29) is 6.29 Å². The largest absolute Gasteiger partial charge is 0.353 e. The molecule has 0 aromatic carbocycles. The van der Waals surface area contributed by atoms with Gasteiger partial charge in [-0.2, -0.15) is 0 Å². The number of ether oxygens (including phenoxy) is 2. The van der Waals surface area contributed by atoms with Crippen LogP contribution in [0.1, 0.15) is 45.4 Å². The normalized spacial score (nSPS) is 22.2. The second-order valence-electron chi connectivity index (χ2n) is 4.08. The molecule has 0 aliphatic carbocycles. The lowest BCUT2D eigenvalue weighted by Gasteiger charge is -2.22. The van der Waals surface area contributed by atoms with Crippen molar-refractivity contribution in [2.24, 2.45) is 0 Å². The molecular weight excluding hydrogens is 176 g/mol. The molecule has 0 bridgehead atoms. The van der Waals surface area contributed by atoms with Gasteiger partial charge in [0.05, 0.1) is 0 Å². The van der Waals surface area contributed by atoms with Gasteiger partial charge in [0.1, 0.15) is 0 Å². The summed E-state index contributed by atoms with van der Waals surface area (Å²) in [6.07, 6.45) is 7.00. The van der Waals surface area contributed by atoms with Crippen LogP contribution in [0.3, 0.4) is 0 Å². The molecule has 0 aromatic heterocycles. The van der Waals surface area contributed by atoms with Crippen molar-refractivity contribution in [2.45, 2.75) is 51.7 Å². The third-order valence-electron chi connectivity index (χ3n) is 2.44. The van der Waals surface area contributed by atoms with Gasteiger partial charge in [-0.25, -0.2) is 0 Å². The Labute approximate surface area is 87.3 Å². The monoisotopic (exact) mass is 198 g/mol. The van der Waals surface area contributed by atoms with Crippen molar-refractivity contribution in [2.75, 3.05) is 13.2 Å². The Morgan fingerprint density at radius 3 is 2.93 bits per heavy atom. The van der Waals surface area contributed by atoms with E-state index in [0.717, 1.165) is 32.5 Å². The molecule has 0 amide bonds. The third kappa shape index (κ3) is 5.40. The SMILES string of the molecule is C=C(C)CCCCOC1CCCCO1. The lowest BCUT2D eigenvalue weighted by Crippen LogP contribution is -2.22. The number of rotatable bonds is 6. The summed E-state index contributed by atoms with van der Waals surface area (Å²) < 4.78 is 11.1. The zero-order chi connectivity index (χ0) is 10.2. The first-order valence-corrected chi connectivity index (χ1v) is 5.66. The van der Waals surface area contributed by atoms with E-state index in [4.69, 9.17) is 9.47 Å². The van der Waals surface area contributed by atoms with Crippen LogP contribution >= 0.6 is 0 Å². The van der Waals surface area contributed by atoms with Gasteiger partial charge in [0.25, 0.3) is 0 Å². The highest BCUT2D eigenvalue weighted by Crippen LogP contribution is 2.14. The standard InChI is InChI=1S/C12H22O2/c1-11(2)7-3-5-9-13-12-8-4-6-10-14-12/h12H,1,3-10H2,2H3. The molecule has 1 saturated heterocycles. The average molecular weight is 198 g/mol. The van der Waals surface area contributed by atoms with Gasteiger partial charge in [-0.3, -0.25) is 0 Å². The Hall–Kier alpha value is -0.340. The van der Waals surface area contributed by atoms with Gasteiger partial charge >= 0.3 is 0 Å². The molecule has 2 heteroatoms. The summed E-state index contributed by atoms with van der Waals surface area (Å²) in [6.45, 7) is 7.65. The summed E-state index contributed by atoms with van der Waals surface area (Å²) in [5.74, 6) is 0. The van der Waals surface area contributed by atoms with E-state index in [1.165, 1.54) is 24.8 Å². The van der Waals surface area contributed by atoms with Crippen LogP contribution in [-0.2, 0) is 9.47 Å². The van der Waals surface area contributed by atoms with E-state index in [0.29, 0.717) is 0 Å². The van der Waals surface area contributed by atoms with Crippen LogP contribution in [0.15, 0.2) is 12.2 Å². The van der Waals surface area contributed by atoms with Crippen molar-refractivity contribution in [1.82, 2.24) is 0 Å². The van der Waals surface area contributed by atoms with Gasteiger partial charge in [-0.1, -0.05) is 5.57 Å². The van der Waals surface area contributed by atoms with Gasteiger partial charge < -0.3 is 9.47 Å². The fourth-order valence-corrected chi connectivity index (χ4v) is 1.59. The fourth-order valence-electron chi connectivity index (χ4n) is 1.59. The first-order chi connectivity index (χ1) is 6.79. The Morgan fingerprint density at radius 1 is 1.43 bits per heavy atom. The predicted molar refractivity (Wildman–Crippen MR) is 58.2 cm³/mol. The van der Waals surface area contributed by atoms with E-state index in [9.17, 15) is 0 Å². The van der Waals surface area contributed by atoms with Gasteiger partial charge in [0, 0.05) is 13.2 Å². The second-order valence-corrected chi connectivity index (χ2v) is 4.08. The van der Waals surface area contributed by atoms with Crippen LogP contribution in [0.2, 0.25) is 0 Å². The lowest BCUT2D eigenvalue weighted by molar-refractivity contribution is -0.162. The van der Waals surface area contributed by atoms with Crippen molar-refractivity contribution in [3.8, 4) is 0 Å². The molecule has 0 saturated carbocycles. The quantitative estimate of drug-likeness (QED) is 0.481. The highest BCUT2D eigenvalue weighted by Gasteiger charge is 2.12. The van der Waals surface area contributed by atoms with E-state index in [2.05, 4.69) is 13.5 Å². The highest BCUT2D eigenvalue weighted by atomic mass is 16.7. The van der Waals surface area contributed by atoms with Crippen LogP contribution in [-0.4, -0.2) is 19.5 Å². The molecule has 1 unspecified atom stereocenters. The zero-order valence-corrected chi connectivity index (χ0v) is 9.26. The minimum Gasteiger partial charge on any atom is -0.353 e. The molecule has 1 heterocycles. The van der Waals surface area contributed by atoms with Crippen LogP contribution < -0.4 is 0 Å². The molecule has 0 aromatic rings. The van der Waals surface area contributed by atoms with Crippen LogP contribution in [0.25, 0.3) is 0 Å². The topological polar surface area (TPSA) is 18.5 Å². The minimum atomic E-state index is 0.0774. The van der Waals surface area contributed by atoms with E-state index in [1.54, 1.807) is 0 Å². The zero-order valence-electron chi connectivity index (χ0n) is 9.26. The maximum absolute atomic E-state index is 5.61. The van der Waals surface area contributed by atoms with Crippen LogP contribution in [0.5, 0.6) is 0 Å². The molecule has 82 valence electrons. The fraction of sp³-hybridized carbons (Fsp3) is 0.833. The Kier molecular flexibility index (Phi) is 5.88. The molecule has 14 heavy (non-hydrogen) atoms. The molecule has 1 atom stereocenters. The Morgan fingerprint density at radius 2 is 2.29 bits per heavy atom. The average Bonchev–Trinajstić information content (AvgIpc) is 2.18. The van der Waals surface area contributed by atoms with Crippen LogP contribution in [0.4, 0.5) is 0 Å². The van der Waals surface area contributed by atoms with Gasteiger partial charge in [-0.05, 0) is 45.4 Å². The van der Waals surface area contributed by atoms with Gasteiger partial charge in [0.15, 0.2) is 6.29 Å². The molecular formula is C12H22O2. The van der Waals surface area contributed by atoms with Gasteiger partial charge in [0.2, 0.25) is 0 Å². The van der Waals surface area contributed by atoms with Crippen molar-refractivity contribution < 1.29 is 9.47 Å². The summed E-state index contributed by atoms with van der Waals surface area (Å²) >= 11 is 0. The molecule has 0 radical (unpaired) electrons. The van der Waals surface area contributed by atoms with E-state index < -0.39 is 0 Å². The first kappa shape index (κ1) is 11.7. The van der Waals surface area contributed by atoms with Crippen molar-refractivity contribution in [3.63, 3.8) is 0 Å². The molecule has 2 nitrogen and oxygen atoms in total. The Bertz CT molecular complexity index is 160. The number of hydrogen-bond acceptors (Lipinski definition) is 2. The summed E-state index contributed by atoms with van der Waals surface area (Å²) in [4.78, 5) is 0. The molecule has 1 fully saturated rings. The Balaban J connectivity index is 1.90. The third-order valence-corrected chi connectivity index (χ3v) is 2.44. The van der Waals surface area contributed by atoms with Crippen molar-refractivity contribution in [1.29, 1.82) is 0 Å². The summed E-state index contributed by atoms with van der Waals surface area (Å²) in [7, 11) is 0. The second kappa shape index (κ2) is 7.02. The number of allylic oxidation sites excluding steroid dienone is 1. The number of unbranched alkanes of at least 4 members (excludes halogenated alkanes) is 1. The van der Waals surface area contributed by atoms with E-state index >= 15 is 0 Å². The van der Waals surface area contributed by atoms with Gasteiger partial charge in [-0.15, -0.1) is 6.58 Å². The van der Waals surface area contributed by atoms with E-state index in [1.807, 2.05) is 0 Å². The molecule has 1 aliphatic heterocycles. The molecule has 1 rings (SSSR count). The summed E-state index contributed by atoms with van der Waals surface area (Å²) in [5, 5.41) is 0. The maximum Gasteiger partial charge on any atom is 0.157 e. The maximum atomic E-state index is 5.61. The van der Waals surface area contributed by atoms with Crippen LogP contribution in [0, 0.1) is 0 Å². The first-order valence-electron chi connectivity index (χ1n) is 5.66. The summed E-state index contributed by atoms with van der Waals surface area (Å²) in [5.41, 5.74) is 1.26. The molecule has 1 aliphatic rings. The minimum absolute atomic E-state index is 0.0774. The lowest BCUT2D eigenvalue weighted by atomic mass is 10.1. The smallest absolute Gasteiger partial charge is 0.157 e. The van der Waals surface area contributed by atoms with Crippen molar-refractivity contribution >= 4 is 0 Å². The number of hydrogen-bond donors (Lipinski definition) is 0. The molecule has 0 spiro atoms. The summed E-state index contributed by atoms with van der Waals surface area (Å²) in [6, 6.07) is 0. The molecule has 0 N–H and O–H groups in total. The van der Waals surface area contributed by atoms with Crippen molar-refractivity contribution in [3.05, 3.63) is 12.2 Å².